The van der Waals surface area contributed by atoms with Crippen molar-refractivity contribution >= 4 is 38.1 Å². The normalized spacial score (nSPS) is 14.2. The van der Waals surface area contributed by atoms with Crippen molar-refractivity contribution in [1.82, 2.24) is 4.98 Å². The highest BCUT2D eigenvalue weighted by molar-refractivity contribution is 7.93. The first kappa shape index (κ1) is 15.4. The minimum Gasteiger partial charge on any atom is -0.266 e. The summed E-state index contributed by atoms with van der Waals surface area (Å²) in [5.74, 6) is -0.655. The quantitative estimate of drug-likeness (QED) is 0.697. The minimum atomic E-state index is -3.91. The largest absolute Gasteiger partial charge is 0.266 e. The molecule has 1 aliphatic rings. The van der Waals surface area contributed by atoms with Crippen LogP contribution in [0, 0.1) is 5.82 Å². The Morgan fingerprint density at radius 1 is 1.17 bits per heavy atom. The predicted molar refractivity (Wildman–Crippen MR) is 91.4 cm³/mol. The van der Waals surface area contributed by atoms with Crippen molar-refractivity contribution in [2.75, 3.05) is 10.8 Å². The van der Waals surface area contributed by atoms with Crippen LogP contribution in [0.4, 0.5) is 10.1 Å². The average molecular weight is 363 g/mol. The van der Waals surface area contributed by atoms with E-state index < -0.39 is 15.8 Å². The molecule has 0 atom stereocenters. The van der Waals surface area contributed by atoms with Crippen molar-refractivity contribution in [2.45, 2.75) is 11.3 Å². The summed E-state index contributed by atoms with van der Waals surface area (Å²) in [4.78, 5) is 3.72. The first-order valence-electron chi connectivity index (χ1n) is 7.32. The van der Waals surface area contributed by atoms with Crippen LogP contribution in [-0.4, -0.2) is 19.9 Å². The highest BCUT2D eigenvalue weighted by atomic mass is 35.5. The van der Waals surface area contributed by atoms with Gasteiger partial charge in [0.15, 0.2) is 5.82 Å². The van der Waals surface area contributed by atoms with Crippen LogP contribution in [-0.2, 0) is 16.4 Å². The van der Waals surface area contributed by atoms with Gasteiger partial charge in [-0.25, -0.2) is 12.8 Å². The number of hydrogen-bond acceptors (Lipinski definition) is 3. The molecule has 7 heteroatoms. The average Bonchev–Trinajstić information content (AvgIpc) is 2.98. The highest BCUT2D eigenvalue weighted by Crippen LogP contribution is 2.36. The molecular formula is C17H12ClFN2O2S. The molecule has 122 valence electrons. The Hall–Kier alpha value is -2.18. The van der Waals surface area contributed by atoms with Gasteiger partial charge in [0.25, 0.3) is 10.0 Å². The fourth-order valence-corrected chi connectivity index (χ4v) is 4.95. The topological polar surface area (TPSA) is 50.3 Å². The van der Waals surface area contributed by atoms with E-state index in [1.54, 1.807) is 24.3 Å². The predicted octanol–water partition coefficient (Wildman–Crippen LogP) is 3.78. The Morgan fingerprint density at radius 3 is 2.83 bits per heavy atom. The molecule has 4 rings (SSSR count). The summed E-state index contributed by atoms with van der Waals surface area (Å²) < 4.78 is 41.9. The van der Waals surface area contributed by atoms with Gasteiger partial charge in [0, 0.05) is 28.5 Å². The molecule has 0 saturated heterocycles. The van der Waals surface area contributed by atoms with Crippen LogP contribution in [0.15, 0.2) is 53.7 Å². The van der Waals surface area contributed by atoms with Gasteiger partial charge >= 0.3 is 0 Å². The number of rotatable bonds is 2. The number of aromatic nitrogens is 1. The number of benzene rings is 2. The number of sulfonamides is 1. The monoisotopic (exact) mass is 362 g/mol. The molecule has 0 fully saturated rings. The van der Waals surface area contributed by atoms with E-state index in [0.717, 1.165) is 11.8 Å². The van der Waals surface area contributed by atoms with E-state index in [1.165, 1.54) is 16.6 Å². The lowest BCUT2D eigenvalue weighted by atomic mass is 10.2. The van der Waals surface area contributed by atoms with Crippen molar-refractivity contribution < 1.29 is 12.8 Å². The summed E-state index contributed by atoms with van der Waals surface area (Å²) in [5, 5.41) is 0.966. The zero-order chi connectivity index (χ0) is 16.9. The van der Waals surface area contributed by atoms with Crippen LogP contribution in [0.25, 0.3) is 10.8 Å². The maximum absolute atomic E-state index is 14.3. The van der Waals surface area contributed by atoms with Crippen LogP contribution in [0.2, 0.25) is 5.02 Å². The lowest BCUT2D eigenvalue weighted by molar-refractivity contribution is 0.591. The van der Waals surface area contributed by atoms with Gasteiger partial charge in [-0.1, -0.05) is 29.8 Å². The molecule has 0 radical (unpaired) electrons. The fraction of sp³-hybridized carbons (Fsp3) is 0.118. The number of fused-ring (bicyclic) bond motifs is 2. The Balaban J connectivity index is 1.94. The lowest BCUT2D eigenvalue weighted by Crippen LogP contribution is -2.29. The second-order valence-electron chi connectivity index (χ2n) is 5.58. The molecule has 2 aromatic carbocycles. The summed E-state index contributed by atoms with van der Waals surface area (Å²) in [5.41, 5.74) is 1.46. The SMILES string of the molecule is O=S(=O)(c1cccc2cncc(F)c12)N1CCc2ccc(Cl)cc21. The van der Waals surface area contributed by atoms with E-state index in [9.17, 15) is 12.8 Å². The van der Waals surface area contributed by atoms with E-state index in [4.69, 9.17) is 11.6 Å². The van der Waals surface area contributed by atoms with Crippen LogP contribution < -0.4 is 4.31 Å². The number of hydrogen-bond donors (Lipinski definition) is 0. The molecule has 0 saturated carbocycles. The van der Waals surface area contributed by atoms with Gasteiger partial charge in [0.2, 0.25) is 0 Å². The number of nitrogens with zero attached hydrogens (tertiary/aromatic N) is 2. The van der Waals surface area contributed by atoms with Crippen LogP contribution in [0.5, 0.6) is 0 Å². The van der Waals surface area contributed by atoms with Gasteiger partial charge in [-0.2, -0.15) is 0 Å². The number of halogens is 2. The smallest absolute Gasteiger partial charge is 0.265 e. The molecule has 0 spiro atoms. The Morgan fingerprint density at radius 2 is 2.00 bits per heavy atom. The van der Waals surface area contributed by atoms with Crippen LogP contribution in [0.3, 0.4) is 0 Å². The first-order chi connectivity index (χ1) is 11.5. The van der Waals surface area contributed by atoms with Crippen molar-refractivity contribution in [3.8, 4) is 0 Å². The third-order valence-corrected chi connectivity index (χ3v) is 6.26. The number of pyridine rings is 1. The van der Waals surface area contributed by atoms with Gasteiger partial charge in [-0.15, -0.1) is 0 Å². The van der Waals surface area contributed by atoms with Crippen LogP contribution in [0.1, 0.15) is 5.56 Å². The maximum Gasteiger partial charge on any atom is 0.265 e. The summed E-state index contributed by atoms with van der Waals surface area (Å²) in [7, 11) is -3.91. The second-order valence-corrected chi connectivity index (χ2v) is 7.84. The van der Waals surface area contributed by atoms with Gasteiger partial charge in [-0.05, 0) is 30.2 Å². The van der Waals surface area contributed by atoms with Gasteiger partial charge in [0.05, 0.1) is 16.8 Å². The zero-order valence-corrected chi connectivity index (χ0v) is 14.0. The molecule has 4 nitrogen and oxygen atoms in total. The molecule has 0 bridgehead atoms. The molecule has 1 aromatic heterocycles. The van der Waals surface area contributed by atoms with E-state index >= 15 is 0 Å². The van der Waals surface area contributed by atoms with Crippen molar-refractivity contribution in [1.29, 1.82) is 0 Å². The zero-order valence-electron chi connectivity index (χ0n) is 12.4. The molecule has 0 aliphatic carbocycles. The molecule has 0 amide bonds. The Kier molecular flexibility index (Phi) is 3.47. The Labute approximate surface area is 143 Å². The van der Waals surface area contributed by atoms with Gasteiger partial charge in [-0.3, -0.25) is 9.29 Å². The second kappa shape index (κ2) is 5.43. The molecule has 0 N–H and O–H groups in total. The molecule has 24 heavy (non-hydrogen) atoms. The lowest BCUT2D eigenvalue weighted by Gasteiger charge is -2.21. The van der Waals surface area contributed by atoms with E-state index in [2.05, 4.69) is 4.98 Å². The van der Waals surface area contributed by atoms with Crippen molar-refractivity contribution in [3.05, 3.63) is 65.2 Å². The summed E-state index contributed by atoms with van der Waals surface area (Å²) in [6.45, 7) is 0.307. The molecular weight excluding hydrogens is 351 g/mol. The van der Waals surface area contributed by atoms with Crippen molar-refractivity contribution in [2.24, 2.45) is 0 Å². The van der Waals surface area contributed by atoms with E-state index in [1.807, 2.05) is 6.07 Å². The van der Waals surface area contributed by atoms with Crippen molar-refractivity contribution in [3.63, 3.8) is 0 Å². The summed E-state index contributed by atoms with van der Waals surface area (Å²) in [6, 6.07) is 9.83. The van der Waals surface area contributed by atoms with Gasteiger partial charge in [0.1, 0.15) is 0 Å². The third kappa shape index (κ3) is 2.25. The molecule has 1 aliphatic heterocycles. The first-order valence-corrected chi connectivity index (χ1v) is 9.14. The maximum atomic E-state index is 14.3. The molecule has 0 unspecified atom stereocenters. The minimum absolute atomic E-state index is 0.0583. The van der Waals surface area contributed by atoms with E-state index in [-0.39, 0.29) is 10.3 Å². The van der Waals surface area contributed by atoms with E-state index in [0.29, 0.717) is 29.1 Å². The summed E-state index contributed by atoms with van der Waals surface area (Å²) in [6.07, 6.45) is 3.07. The summed E-state index contributed by atoms with van der Waals surface area (Å²) >= 11 is 6.02. The van der Waals surface area contributed by atoms with Gasteiger partial charge < -0.3 is 0 Å². The standard InChI is InChI=1S/C17H12ClFN2O2S/c18-13-5-4-11-6-7-21(15(11)8-13)24(22,23)16-3-1-2-12-9-20-10-14(19)17(12)16/h1-5,8-10H,6-7H2. The molecule has 3 aromatic rings. The fourth-order valence-electron chi connectivity index (χ4n) is 3.07. The Bertz CT molecular complexity index is 1060. The van der Waals surface area contributed by atoms with Crippen LogP contribution >= 0.6 is 11.6 Å². The highest BCUT2D eigenvalue weighted by Gasteiger charge is 2.32. The number of anilines is 1. The third-order valence-electron chi connectivity index (χ3n) is 4.17. The molecule has 2 heterocycles.